The number of rotatable bonds is 5. The maximum atomic E-state index is 12.8. The second kappa shape index (κ2) is 9.25. The van der Waals surface area contributed by atoms with Crippen LogP contribution in [0.3, 0.4) is 0 Å². The Bertz CT molecular complexity index is 1410. The Morgan fingerprint density at radius 2 is 1.67 bits per heavy atom. The van der Waals surface area contributed by atoms with E-state index in [2.05, 4.69) is 21.0 Å². The van der Waals surface area contributed by atoms with Gasteiger partial charge in [0.1, 0.15) is 0 Å². The number of carbonyl (C=O) groups excluding carboxylic acids is 2. The van der Waals surface area contributed by atoms with Gasteiger partial charge < -0.3 is 0 Å². The lowest BCUT2D eigenvalue weighted by Crippen LogP contribution is -2.42. The molecule has 0 saturated heterocycles. The Kier molecular flexibility index (Phi) is 6.23. The fraction of sp³-hybridized carbons (Fsp3) is 0.174. The fourth-order valence-corrected chi connectivity index (χ4v) is 3.53. The molecule has 2 heterocycles. The summed E-state index contributed by atoms with van der Waals surface area (Å²) in [5.41, 5.74) is 5.61. The minimum atomic E-state index is -0.641. The summed E-state index contributed by atoms with van der Waals surface area (Å²) in [6, 6.07) is 13.8. The minimum Gasteiger partial charge on any atom is -0.267 e. The van der Waals surface area contributed by atoms with Gasteiger partial charge in [-0.15, -0.1) is 0 Å². The maximum Gasteiger partial charge on any atom is 0.290 e. The van der Waals surface area contributed by atoms with Gasteiger partial charge in [0.15, 0.2) is 5.69 Å². The van der Waals surface area contributed by atoms with Crippen LogP contribution in [-0.2, 0) is 6.54 Å². The summed E-state index contributed by atoms with van der Waals surface area (Å²) in [6.07, 6.45) is 2.95. The van der Waals surface area contributed by atoms with Crippen LogP contribution in [0.4, 0.5) is 0 Å². The maximum absolute atomic E-state index is 12.8. The Labute approximate surface area is 193 Å². The first-order valence-corrected chi connectivity index (χ1v) is 10.6. The van der Waals surface area contributed by atoms with Crippen LogP contribution in [0.15, 0.2) is 65.7 Å². The second-order valence-corrected chi connectivity index (χ2v) is 8.07. The molecule has 0 bridgehead atoms. The van der Waals surface area contributed by atoms with Crippen LogP contribution in [-0.4, -0.2) is 31.4 Å². The van der Waals surface area contributed by atoms with E-state index in [9.17, 15) is 14.4 Å². The molecule has 0 radical (unpaired) electrons. The topological polar surface area (TPSA) is 111 Å². The van der Waals surface area contributed by atoms with Crippen LogP contribution >= 0.6 is 11.6 Å². The van der Waals surface area contributed by atoms with Gasteiger partial charge in [-0.3, -0.25) is 29.9 Å². The van der Waals surface area contributed by atoms with E-state index in [-0.39, 0.29) is 22.9 Å². The SMILES string of the molecule is CC(C)n1nc(C(=O)NNC(=O)c2cnn(Cc3ccccc3Cl)c2)c2ccccc2c1=O. The van der Waals surface area contributed by atoms with Gasteiger partial charge in [-0.05, 0) is 31.5 Å². The van der Waals surface area contributed by atoms with Gasteiger partial charge in [-0.2, -0.15) is 10.2 Å². The lowest BCUT2D eigenvalue weighted by atomic mass is 10.1. The molecule has 2 amide bonds. The van der Waals surface area contributed by atoms with Crippen LogP contribution < -0.4 is 16.4 Å². The molecule has 168 valence electrons. The number of amides is 2. The molecule has 0 aliphatic carbocycles. The molecule has 0 atom stereocenters. The van der Waals surface area contributed by atoms with Crippen molar-refractivity contribution in [2.24, 2.45) is 0 Å². The lowest BCUT2D eigenvalue weighted by Gasteiger charge is -2.13. The van der Waals surface area contributed by atoms with Crippen LogP contribution in [0.2, 0.25) is 5.02 Å². The van der Waals surface area contributed by atoms with Crippen molar-refractivity contribution in [1.29, 1.82) is 0 Å². The molecule has 2 N–H and O–H groups in total. The van der Waals surface area contributed by atoms with Crippen molar-refractivity contribution in [2.75, 3.05) is 0 Å². The van der Waals surface area contributed by atoms with Crippen molar-refractivity contribution in [2.45, 2.75) is 26.4 Å². The lowest BCUT2D eigenvalue weighted by molar-refractivity contribution is 0.0843. The summed E-state index contributed by atoms with van der Waals surface area (Å²) >= 11 is 6.17. The van der Waals surface area contributed by atoms with E-state index in [0.29, 0.717) is 22.3 Å². The summed E-state index contributed by atoms with van der Waals surface area (Å²) < 4.78 is 2.82. The van der Waals surface area contributed by atoms with Crippen molar-refractivity contribution in [3.63, 3.8) is 0 Å². The molecule has 0 fully saturated rings. The van der Waals surface area contributed by atoms with Gasteiger partial charge in [0.05, 0.1) is 29.7 Å². The Morgan fingerprint density at radius 1 is 1.00 bits per heavy atom. The van der Waals surface area contributed by atoms with Crippen molar-refractivity contribution in [1.82, 2.24) is 30.4 Å². The van der Waals surface area contributed by atoms with E-state index in [1.165, 1.54) is 10.9 Å². The number of hydrogen-bond acceptors (Lipinski definition) is 5. The number of hydrogen-bond donors (Lipinski definition) is 2. The molecule has 4 aromatic rings. The standard InChI is InChI=1S/C23H21ClN6O3/c1-14(2)30-23(33)18-9-5-4-8-17(18)20(28-30)22(32)27-26-21(31)16-11-25-29(13-16)12-15-7-3-6-10-19(15)24/h3-11,13-14H,12H2,1-2H3,(H,26,31)(H,27,32). The monoisotopic (exact) mass is 464 g/mol. The van der Waals surface area contributed by atoms with Crippen molar-refractivity contribution in [3.05, 3.63) is 93.1 Å². The predicted molar refractivity (Wildman–Crippen MR) is 124 cm³/mol. The number of fused-ring (bicyclic) bond motifs is 1. The predicted octanol–water partition coefficient (Wildman–Crippen LogP) is 2.95. The van der Waals surface area contributed by atoms with Gasteiger partial charge in [-0.25, -0.2) is 4.68 Å². The highest BCUT2D eigenvalue weighted by atomic mass is 35.5. The normalized spacial score (nSPS) is 11.0. The average molecular weight is 465 g/mol. The largest absolute Gasteiger partial charge is 0.290 e. The third kappa shape index (κ3) is 4.63. The van der Waals surface area contributed by atoms with Crippen LogP contribution in [0, 0.1) is 0 Å². The Hall–Kier alpha value is -3.98. The molecule has 0 aliphatic heterocycles. The van der Waals surface area contributed by atoms with Crippen molar-refractivity contribution >= 4 is 34.2 Å². The first-order chi connectivity index (χ1) is 15.8. The summed E-state index contributed by atoms with van der Waals surface area (Å²) in [5.74, 6) is -1.19. The van der Waals surface area contributed by atoms with Crippen molar-refractivity contribution in [3.8, 4) is 0 Å². The number of aromatic nitrogens is 4. The van der Waals surface area contributed by atoms with Gasteiger partial charge in [0.25, 0.3) is 17.4 Å². The average Bonchev–Trinajstić information content (AvgIpc) is 3.27. The van der Waals surface area contributed by atoms with E-state index in [4.69, 9.17) is 11.6 Å². The van der Waals surface area contributed by atoms with Gasteiger partial charge in [-0.1, -0.05) is 48.0 Å². The van der Waals surface area contributed by atoms with E-state index in [0.717, 1.165) is 5.56 Å². The highest BCUT2D eigenvalue weighted by Gasteiger charge is 2.19. The summed E-state index contributed by atoms with van der Waals surface area (Å²) in [7, 11) is 0. The molecule has 2 aromatic heterocycles. The molecule has 0 saturated carbocycles. The third-order valence-electron chi connectivity index (χ3n) is 5.01. The summed E-state index contributed by atoms with van der Waals surface area (Å²) in [6.45, 7) is 3.99. The molecule has 0 spiro atoms. The molecule has 33 heavy (non-hydrogen) atoms. The summed E-state index contributed by atoms with van der Waals surface area (Å²) in [5, 5.41) is 9.78. The van der Waals surface area contributed by atoms with E-state index >= 15 is 0 Å². The van der Waals surface area contributed by atoms with Crippen molar-refractivity contribution < 1.29 is 9.59 Å². The number of halogens is 1. The first-order valence-electron chi connectivity index (χ1n) is 10.2. The number of hydrazine groups is 1. The second-order valence-electron chi connectivity index (χ2n) is 7.66. The van der Waals surface area contributed by atoms with Gasteiger partial charge in [0, 0.05) is 16.6 Å². The Balaban J connectivity index is 1.50. The molecule has 9 nitrogen and oxygen atoms in total. The zero-order valence-electron chi connectivity index (χ0n) is 17.9. The molecule has 0 aliphatic rings. The highest BCUT2D eigenvalue weighted by molar-refractivity contribution is 6.31. The number of carbonyl (C=O) groups is 2. The molecular formula is C23H21ClN6O3. The minimum absolute atomic E-state index is 0.0358. The Morgan fingerprint density at radius 3 is 2.39 bits per heavy atom. The number of benzene rings is 2. The number of nitrogens with one attached hydrogen (secondary N) is 2. The molecule has 4 rings (SSSR count). The van der Waals surface area contributed by atoms with Crippen LogP contribution in [0.5, 0.6) is 0 Å². The molecule has 2 aromatic carbocycles. The summed E-state index contributed by atoms with van der Waals surface area (Å²) in [4.78, 5) is 38.0. The zero-order chi connectivity index (χ0) is 23.5. The molecule has 0 unspecified atom stereocenters. The van der Waals surface area contributed by atoms with E-state index in [1.54, 1.807) is 55.1 Å². The molecule has 10 heteroatoms. The molecular weight excluding hydrogens is 444 g/mol. The van der Waals surface area contributed by atoms with Gasteiger partial charge >= 0.3 is 0 Å². The van der Waals surface area contributed by atoms with E-state index < -0.39 is 11.8 Å². The quantitative estimate of drug-likeness (QED) is 0.441. The first kappa shape index (κ1) is 22.2. The number of nitrogens with zero attached hydrogens (tertiary/aromatic N) is 4. The van der Waals surface area contributed by atoms with Crippen LogP contribution in [0.25, 0.3) is 10.8 Å². The van der Waals surface area contributed by atoms with E-state index in [1.807, 2.05) is 18.2 Å². The fourth-order valence-electron chi connectivity index (χ4n) is 3.34. The smallest absolute Gasteiger partial charge is 0.267 e. The van der Waals surface area contributed by atoms with Crippen LogP contribution in [0.1, 0.15) is 46.3 Å². The third-order valence-corrected chi connectivity index (χ3v) is 5.38. The zero-order valence-corrected chi connectivity index (χ0v) is 18.7. The van der Waals surface area contributed by atoms with Gasteiger partial charge in [0.2, 0.25) is 0 Å². The highest BCUT2D eigenvalue weighted by Crippen LogP contribution is 2.16.